The number of fused-ring (bicyclic) bond motifs is 1. The Kier molecular flexibility index (Phi) is 5.17. The van der Waals surface area contributed by atoms with Crippen LogP contribution in [-0.2, 0) is 17.8 Å². The molecule has 8 nitrogen and oxygen atoms in total. The Labute approximate surface area is 157 Å². The lowest BCUT2D eigenvalue weighted by molar-refractivity contribution is -0.116. The minimum absolute atomic E-state index is 0.0718. The first kappa shape index (κ1) is 18.2. The normalized spacial score (nSPS) is 15.3. The van der Waals surface area contributed by atoms with Crippen LogP contribution in [0.4, 0.5) is 5.69 Å². The fourth-order valence-electron chi connectivity index (χ4n) is 2.76. The van der Waals surface area contributed by atoms with Gasteiger partial charge in [0.1, 0.15) is 24.1 Å². The van der Waals surface area contributed by atoms with E-state index in [4.69, 9.17) is 9.47 Å². The molecule has 1 aliphatic rings. The van der Waals surface area contributed by atoms with Crippen molar-refractivity contribution in [2.75, 3.05) is 11.9 Å². The van der Waals surface area contributed by atoms with Gasteiger partial charge in [-0.25, -0.2) is 4.79 Å². The fraction of sp³-hybridized carbons (Fsp3) is 0.353. The highest BCUT2D eigenvalue weighted by Crippen LogP contribution is 2.38. The zero-order chi connectivity index (χ0) is 18.8. The zero-order valence-corrected chi connectivity index (χ0v) is 15.9. The van der Waals surface area contributed by atoms with Gasteiger partial charge in [-0.05, 0) is 35.8 Å². The average Bonchev–Trinajstić information content (AvgIpc) is 2.92. The molecule has 26 heavy (non-hydrogen) atoms. The van der Waals surface area contributed by atoms with Crippen molar-refractivity contribution < 1.29 is 14.3 Å². The van der Waals surface area contributed by atoms with Gasteiger partial charge in [0.05, 0.1) is 16.8 Å². The van der Waals surface area contributed by atoms with E-state index in [2.05, 4.69) is 26.2 Å². The summed E-state index contributed by atoms with van der Waals surface area (Å²) in [6.45, 7) is 4.02. The Morgan fingerprint density at radius 1 is 1.46 bits per heavy atom. The van der Waals surface area contributed by atoms with Crippen LogP contribution in [-0.4, -0.2) is 28.2 Å². The molecule has 1 aliphatic heterocycles. The van der Waals surface area contributed by atoms with Gasteiger partial charge < -0.3 is 14.8 Å². The number of rotatable bonds is 5. The molecule has 2 heterocycles. The van der Waals surface area contributed by atoms with E-state index >= 15 is 0 Å². The van der Waals surface area contributed by atoms with Gasteiger partial charge in [0, 0.05) is 24.2 Å². The van der Waals surface area contributed by atoms with E-state index < -0.39 is 17.2 Å². The molecule has 0 fully saturated rings. The summed E-state index contributed by atoms with van der Waals surface area (Å²) in [5.74, 6) is 0.825. The maximum absolute atomic E-state index is 12.4. The molecule has 2 N–H and O–H groups in total. The topological polar surface area (TPSA) is 102 Å². The van der Waals surface area contributed by atoms with Crippen molar-refractivity contribution in [2.45, 2.75) is 32.9 Å². The average molecular weight is 424 g/mol. The number of aromatic nitrogens is 2. The third kappa shape index (κ3) is 3.82. The Balaban J connectivity index is 1.83. The van der Waals surface area contributed by atoms with Gasteiger partial charge in [-0.15, -0.1) is 0 Å². The molecular formula is C17H18BrN3O5. The second-order valence-electron chi connectivity index (χ2n) is 5.93. The Morgan fingerprint density at radius 2 is 2.23 bits per heavy atom. The van der Waals surface area contributed by atoms with E-state index in [1.54, 1.807) is 6.07 Å². The monoisotopic (exact) mass is 423 g/mol. The van der Waals surface area contributed by atoms with E-state index in [-0.39, 0.29) is 17.1 Å². The van der Waals surface area contributed by atoms with Crippen LogP contribution < -0.4 is 26.0 Å². The maximum atomic E-state index is 12.4. The third-order valence-electron chi connectivity index (χ3n) is 3.85. The fourth-order valence-corrected chi connectivity index (χ4v) is 3.10. The number of anilines is 1. The van der Waals surface area contributed by atoms with E-state index in [9.17, 15) is 14.4 Å². The predicted molar refractivity (Wildman–Crippen MR) is 99.1 cm³/mol. The number of nitrogens with zero attached hydrogens (tertiary/aromatic N) is 1. The lowest BCUT2D eigenvalue weighted by Crippen LogP contribution is -2.33. The largest absolute Gasteiger partial charge is 0.492 e. The van der Waals surface area contributed by atoms with E-state index in [1.807, 2.05) is 19.9 Å². The summed E-state index contributed by atoms with van der Waals surface area (Å²) in [5, 5.41) is 2.74. The highest BCUT2D eigenvalue weighted by molar-refractivity contribution is 9.10. The molecule has 1 amide bonds. The summed E-state index contributed by atoms with van der Waals surface area (Å²) in [6, 6.07) is 3.59. The number of aromatic amines is 1. The van der Waals surface area contributed by atoms with Gasteiger partial charge in [0.25, 0.3) is 5.56 Å². The summed E-state index contributed by atoms with van der Waals surface area (Å²) in [7, 11) is 0. The third-order valence-corrected chi connectivity index (χ3v) is 4.42. The summed E-state index contributed by atoms with van der Waals surface area (Å²) < 4.78 is 12.6. The Hall–Kier alpha value is -2.55. The lowest BCUT2D eigenvalue weighted by Gasteiger charge is -2.14. The number of halogens is 1. The van der Waals surface area contributed by atoms with Crippen LogP contribution in [0.1, 0.15) is 19.4 Å². The molecule has 0 saturated carbocycles. The van der Waals surface area contributed by atoms with Crippen molar-refractivity contribution in [2.24, 2.45) is 0 Å². The van der Waals surface area contributed by atoms with Crippen LogP contribution in [0.15, 0.2) is 32.4 Å². The van der Waals surface area contributed by atoms with Crippen LogP contribution in [0.5, 0.6) is 11.5 Å². The lowest BCUT2D eigenvalue weighted by atomic mass is 10.1. The maximum Gasteiger partial charge on any atom is 0.328 e. The van der Waals surface area contributed by atoms with E-state index in [1.165, 1.54) is 6.20 Å². The number of nitrogens with one attached hydrogen (secondary N) is 2. The first-order valence-corrected chi connectivity index (χ1v) is 8.92. The first-order chi connectivity index (χ1) is 12.4. The molecule has 0 spiro atoms. The van der Waals surface area contributed by atoms with E-state index in [0.29, 0.717) is 23.8 Å². The van der Waals surface area contributed by atoms with E-state index in [0.717, 1.165) is 16.6 Å². The van der Waals surface area contributed by atoms with Crippen LogP contribution in [0, 0.1) is 0 Å². The van der Waals surface area contributed by atoms with Crippen LogP contribution in [0.2, 0.25) is 0 Å². The van der Waals surface area contributed by atoms with Crippen LogP contribution >= 0.6 is 15.9 Å². The second-order valence-corrected chi connectivity index (χ2v) is 6.79. The first-order valence-electron chi connectivity index (χ1n) is 8.13. The molecule has 9 heteroatoms. The molecule has 1 atom stereocenters. The molecular weight excluding hydrogens is 406 g/mol. The molecule has 0 aliphatic carbocycles. The van der Waals surface area contributed by atoms with Crippen molar-refractivity contribution in [3.8, 4) is 11.5 Å². The SMILES string of the molecule is CCOc1cc2c(cc1NC(=O)Cn1cc(Br)c(=O)[nH]c1=O)O[C@H](C)C2. The standard InChI is InChI=1S/C17H18BrN3O5/c1-3-25-14-5-10-4-9(2)26-13(10)6-12(14)19-15(22)8-21-7-11(18)16(23)20-17(21)24/h5-7,9H,3-4,8H2,1-2H3,(H,19,22)(H,20,23,24)/t9-/m1/s1. The van der Waals surface area contributed by atoms with Crippen LogP contribution in [0.25, 0.3) is 0 Å². The minimum atomic E-state index is -0.663. The molecule has 138 valence electrons. The predicted octanol–water partition coefficient (Wildman–Crippen LogP) is 1.66. The van der Waals surface area contributed by atoms with Crippen molar-refractivity contribution in [1.82, 2.24) is 9.55 Å². The molecule has 0 unspecified atom stereocenters. The number of hydrogen-bond acceptors (Lipinski definition) is 5. The molecule has 3 rings (SSSR count). The van der Waals surface area contributed by atoms with Crippen molar-refractivity contribution >= 4 is 27.5 Å². The number of H-pyrrole nitrogens is 1. The van der Waals surface area contributed by atoms with Gasteiger partial charge in [0.2, 0.25) is 5.91 Å². The quantitative estimate of drug-likeness (QED) is 0.760. The van der Waals surface area contributed by atoms with Gasteiger partial charge in [-0.1, -0.05) is 0 Å². The smallest absolute Gasteiger partial charge is 0.328 e. The molecule has 0 saturated heterocycles. The number of carbonyl (C=O) groups excluding carboxylic acids is 1. The van der Waals surface area contributed by atoms with Crippen molar-refractivity contribution in [1.29, 1.82) is 0 Å². The highest BCUT2D eigenvalue weighted by Gasteiger charge is 2.22. The number of amides is 1. The van der Waals surface area contributed by atoms with Gasteiger partial charge in [-0.2, -0.15) is 0 Å². The second kappa shape index (κ2) is 7.36. The summed E-state index contributed by atoms with van der Waals surface area (Å²) in [6.07, 6.45) is 2.13. The molecule has 2 aromatic rings. The Morgan fingerprint density at radius 3 is 2.96 bits per heavy atom. The number of carbonyl (C=O) groups is 1. The molecule has 0 bridgehead atoms. The summed E-state index contributed by atoms with van der Waals surface area (Å²) in [5.41, 5.74) is 0.292. The number of ether oxygens (including phenoxy) is 2. The summed E-state index contributed by atoms with van der Waals surface area (Å²) in [4.78, 5) is 37.7. The van der Waals surface area contributed by atoms with Gasteiger partial charge in [-0.3, -0.25) is 19.1 Å². The van der Waals surface area contributed by atoms with Crippen molar-refractivity contribution in [3.05, 3.63) is 49.2 Å². The van der Waals surface area contributed by atoms with Gasteiger partial charge >= 0.3 is 5.69 Å². The van der Waals surface area contributed by atoms with Crippen LogP contribution in [0.3, 0.4) is 0 Å². The molecule has 0 radical (unpaired) electrons. The number of benzene rings is 1. The highest BCUT2D eigenvalue weighted by atomic mass is 79.9. The number of hydrogen-bond donors (Lipinski definition) is 2. The minimum Gasteiger partial charge on any atom is -0.492 e. The summed E-state index contributed by atoms with van der Waals surface area (Å²) >= 11 is 3.04. The zero-order valence-electron chi connectivity index (χ0n) is 14.3. The molecule has 1 aromatic heterocycles. The van der Waals surface area contributed by atoms with Crippen molar-refractivity contribution in [3.63, 3.8) is 0 Å². The molecule has 1 aromatic carbocycles. The Bertz CT molecular complexity index is 966. The van der Waals surface area contributed by atoms with Gasteiger partial charge in [0.15, 0.2) is 0 Å².